The van der Waals surface area contributed by atoms with Crippen LogP contribution in [0.5, 0.6) is 0 Å². The van der Waals surface area contributed by atoms with Crippen LogP contribution in [0.3, 0.4) is 0 Å². The van der Waals surface area contributed by atoms with Gasteiger partial charge in [0.25, 0.3) is 0 Å². The minimum absolute atomic E-state index is 1.08. The van der Waals surface area contributed by atoms with Gasteiger partial charge in [-0.3, -0.25) is 9.67 Å². The molecule has 0 amide bonds. The van der Waals surface area contributed by atoms with Gasteiger partial charge >= 0.3 is 0 Å². The number of fused-ring (bicyclic) bond motifs is 1. The Labute approximate surface area is 122 Å². The van der Waals surface area contributed by atoms with Gasteiger partial charge in [0.2, 0.25) is 0 Å². The number of aromatic nitrogens is 4. The van der Waals surface area contributed by atoms with Crippen molar-refractivity contribution in [2.24, 2.45) is 7.05 Å². The fourth-order valence-corrected chi connectivity index (χ4v) is 2.63. The lowest BCUT2D eigenvalue weighted by atomic mass is 10.1. The molecule has 102 valence electrons. The van der Waals surface area contributed by atoms with Crippen LogP contribution < -0.4 is 0 Å². The van der Waals surface area contributed by atoms with E-state index in [0.717, 1.165) is 16.9 Å². The monoisotopic (exact) mass is 274 g/mol. The SMILES string of the molecule is Cn1nccc1-c1cc2cc(-c3ccncc3)ccc2[nH]1. The molecule has 4 heteroatoms. The minimum Gasteiger partial charge on any atom is -0.353 e. The first-order valence-corrected chi connectivity index (χ1v) is 6.83. The van der Waals surface area contributed by atoms with Crippen LogP contribution in [0.25, 0.3) is 33.4 Å². The maximum Gasteiger partial charge on any atom is 0.0841 e. The molecule has 0 atom stereocenters. The molecule has 0 aliphatic heterocycles. The first-order chi connectivity index (χ1) is 10.3. The van der Waals surface area contributed by atoms with Gasteiger partial charge in [0.15, 0.2) is 0 Å². The molecule has 1 aromatic carbocycles. The summed E-state index contributed by atoms with van der Waals surface area (Å²) in [4.78, 5) is 7.51. The Morgan fingerprint density at radius 1 is 0.905 bits per heavy atom. The zero-order valence-corrected chi connectivity index (χ0v) is 11.6. The molecule has 0 saturated heterocycles. The first kappa shape index (κ1) is 11.9. The van der Waals surface area contributed by atoms with Crippen molar-refractivity contribution in [1.29, 1.82) is 0 Å². The summed E-state index contributed by atoms with van der Waals surface area (Å²) in [6.45, 7) is 0. The van der Waals surface area contributed by atoms with Crippen LogP contribution in [0.1, 0.15) is 0 Å². The Bertz CT molecular complexity index is 903. The van der Waals surface area contributed by atoms with E-state index in [1.165, 1.54) is 16.5 Å². The topological polar surface area (TPSA) is 46.5 Å². The lowest BCUT2D eigenvalue weighted by Crippen LogP contribution is -1.92. The average Bonchev–Trinajstić information content (AvgIpc) is 3.12. The summed E-state index contributed by atoms with van der Waals surface area (Å²) in [5.41, 5.74) is 5.66. The highest BCUT2D eigenvalue weighted by atomic mass is 15.3. The van der Waals surface area contributed by atoms with Crippen molar-refractivity contribution in [3.63, 3.8) is 0 Å². The lowest BCUT2D eigenvalue weighted by molar-refractivity contribution is 0.774. The Hall–Kier alpha value is -2.88. The van der Waals surface area contributed by atoms with E-state index in [1.807, 2.05) is 48.5 Å². The van der Waals surface area contributed by atoms with Gasteiger partial charge in [-0.25, -0.2) is 0 Å². The number of hydrogen-bond donors (Lipinski definition) is 1. The van der Waals surface area contributed by atoms with Gasteiger partial charge in [-0.15, -0.1) is 0 Å². The Morgan fingerprint density at radius 2 is 1.76 bits per heavy atom. The van der Waals surface area contributed by atoms with Crippen molar-refractivity contribution in [2.45, 2.75) is 0 Å². The van der Waals surface area contributed by atoms with E-state index in [1.54, 1.807) is 0 Å². The molecule has 0 unspecified atom stereocenters. The summed E-state index contributed by atoms with van der Waals surface area (Å²) in [7, 11) is 1.95. The second kappa shape index (κ2) is 4.59. The molecule has 0 fully saturated rings. The Morgan fingerprint density at radius 3 is 2.52 bits per heavy atom. The third-order valence-electron chi connectivity index (χ3n) is 3.73. The van der Waals surface area contributed by atoms with Crippen LogP contribution in [-0.2, 0) is 7.05 Å². The first-order valence-electron chi connectivity index (χ1n) is 6.83. The molecule has 0 aliphatic rings. The second-order valence-electron chi connectivity index (χ2n) is 5.06. The quantitative estimate of drug-likeness (QED) is 0.606. The smallest absolute Gasteiger partial charge is 0.0841 e. The molecule has 0 spiro atoms. The summed E-state index contributed by atoms with van der Waals surface area (Å²) in [6.07, 6.45) is 5.44. The number of nitrogens with one attached hydrogen (secondary N) is 1. The summed E-state index contributed by atoms with van der Waals surface area (Å²) in [5, 5.41) is 5.41. The molecular formula is C17H14N4. The van der Waals surface area contributed by atoms with Crippen LogP contribution in [0, 0.1) is 0 Å². The van der Waals surface area contributed by atoms with Crippen LogP contribution in [-0.4, -0.2) is 19.7 Å². The van der Waals surface area contributed by atoms with Crippen molar-refractivity contribution >= 4 is 10.9 Å². The molecular weight excluding hydrogens is 260 g/mol. The second-order valence-corrected chi connectivity index (χ2v) is 5.06. The van der Waals surface area contributed by atoms with Gasteiger partial charge in [-0.1, -0.05) is 6.07 Å². The van der Waals surface area contributed by atoms with Crippen molar-refractivity contribution in [2.75, 3.05) is 0 Å². The van der Waals surface area contributed by atoms with Crippen LogP contribution in [0.2, 0.25) is 0 Å². The number of aromatic amines is 1. The Kier molecular flexibility index (Phi) is 2.60. The van der Waals surface area contributed by atoms with Gasteiger partial charge < -0.3 is 4.98 Å². The number of hydrogen-bond acceptors (Lipinski definition) is 2. The average molecular weight is 274 g/mol. The lowest BCUT2D eigenvalue weighted by Gasteiger charge is -2.00. The molecule has 21 heavy (non-hydrogen) atoms. The predicted molar refractivity (Wildman–Crippen MR) is 83.7 cm³/mol. The van der Waals surface area contributed by atoms with E-state index in [-0.39, 0.29) is 0 Å². The Balaban J connectivity index is 1.84. The molecule has 0 aliphatic carbocycles. The highest BCUT2D eigenvalue weighted by Crippen LogP contribution is 2.27. The molecule has 4 nitrogen and oxygen atoms in total. The maximum absolute atomic E-state index is 4.22. The van der Waals surface area contributed by atoms with E-state index in [0.29, 0.717) is 0 Å². The molecule has 4 aromatic rings. The highest BCUT2D eigenvalue weighted by Gasteiger charge is 2.07. The highest BCUT2D eigenvalue weighted by molar-refractivity contribution is 5.89. The third-order valence-corrected chi connectivity index (χ3v) is 3.73. The fourth-order valence-electron chi connectivity index (χ4n) is 2.63. The summed E-state index contributed by atoms with van der Waals surface area (Å²) < 4.78 is 1.87. The van der Waals surface area contributed by atoms with Crippen LogP contribution >= 0.6 is 0 Å². The van der Waals surface area contributed by atoms with E-state index < -0.39 is 0 Å². The number of nitrogens with zero attached hydrogens (tertiary/aromatic N) is 3. The van der Waals surface area contributed by atoms with Gasteiger partial charge in [-0.2, -0.15) is 5.10 Å². The number of benzene rings is 1. The number of aryl methyl sites for hydroxylation is 1. The number of H-pyrrole nitrogens is 1. The van der Waals surface area contributed by atoms with E-state index in [4.69, 9.17) is 0 Å². The van der Waals surface area contributed by atoms with Crippen molar-refractivity contribution in [3.05, 3.63) is 61.1 Å². The van der Waals surface area contributed by atoms with Crippen molar-refractivity contribution < 1.29 is 0 Å². The van der Waals surface area contributed by atoms with Gasteiger partial charge in [-0.05, 0) is 47.5 Å². The van der Waals surface area contributed by atoms with E-state index in [9.17, 15) is 0 Å². The van der Waals surface area contributed by atoms with Crippen molar-refractivity contribution in [1.82, 2.24) is 19.7 Å². The number of rotatable bonds is 2. The summed E-state index contributed by atoms with van der Waals surface area (Å²) in [6, 6.07) is 14.7. The fraction of sp³-hybridized carbons (Fsp3) is 0.0588. The largest absolute Gasteiger partial charge is 0.353 e. The van der Waals surface area contributed by atoms with Crippen molar-refractivity contribution in [3.8, 4) is 22.5 Å². The predicted octanol–water partition coefficient (Wildman–Crippen LogP) is 3.63. The molecule has 1 N–H and O–H groups in total. The summed E-state index contributed by atoms with van der Waals surface area (Å²) >= 11 is 0. The zero-order valence-electron chi connectivity index (χ0n) is 11.6. The molecule has 0 bridgehead atoms. The zero-order chi connectivity index (χ0) is 14.2. The molecule has 4 rings (SSSR count). The minimum atomic E-state index is 1.08. The van der Waals surface area contributed by atoms with Gasteiger partial charge in [0, 0.05) is 36.5 Å². The third kappa shape index (κ3) is 2.01. The molecule has 3 aromatic heterocycles. The molecule has 0 radical (unpaired) electrons. The van der Waals surface area contributed by atoms with Crippen LogP contribution in [0.4, 0.5) is 0 Å². The van der Waals surface area contributed by atoms with E-state index in [2.05, 4.69) is 39.3 Å². The molecule has 3 heterocycles. The molecule has 0 saturated carbocycles. The standard InChI is InChI=1S/C17H14N4/c1-21-17(6-9-19-21)16-11-14-10-13(2-3-15(14)20-16)12-4-7-18-8-5-12/h2-11,20H,1H3. The maximum atomic E-state index is 4.22. The van der Waals surface area contributed by atoms with E-state index >= 15 is 0 Å². The summed E-state index contributed by atoms with van der Waals surface area (Å²) in [5.74, 6) is 0. The van der Waals surface area contributed by atoms with Gasteiger partial charge in [0.05, 0.1) is 11.4 Å². The van der Waals surface area contributed by atoms with Gasteiger partial charge in [0.1, 0.15) is 0 Å². The van der Waals surface area contributed by atoms with Crippen LogP contribution in [0.15, 0.2) is 61.1 Å². The number of pyridine rings is 1. The normalized spacial score (nSPS) is 11.1.